The van der Waals surface area contributed by atoms with Crippen LogP contribution in [0.3, 0.4) is 0 Å². The molecule has 2 saturated carbocycles. The lowest BCUT2D eigenvalue weighted by atomic mass is 10.1. The number of hydrogen-bond donors (Lipinski definition) is 0. The molecule has 1 heterocycles. The molecule has 1 aromatic heterocycles. The van der Waals surface area contributed by atoms with Crippen LogP contribution in [0.1, 0.15) is 31.2 Å². The zero-order chi connectivity index (χ0) is 13.5. The zero-order valence-electron chi connectivity index (χ0n) is 11.6. The first kappa shape index (κ1) is 12.6. The number of hydrogen-bond acceptors (Lipinski definition) is 2. The van der Waals surface area contributed by atoms with Gasteiger partial charge in [0.25, 0.3) is 0 Å². The third-order valence-electron chi connectivity index (χ3n) is 4.43. The molecule has 3 heteroatoms. The zero-order valence-corrected chi connectivity index (χ0v) is 12.3. The van der Waals surface area contributed by atoms with Crippen molar-refractivity contribution in [2.45, 2.75) is 38.3 Å². The Labute approximate surface area is 124 Å². The Hall–Kier alpha value is -1.12. The molecule has 0 unspecified atom stereocenters. The van der Waals surface area contributed by atoms with Crippen molar-refractivity contribution >= 4 is 22.5 Å². The number of rotatable bonds is 5. The lowest BCUT2D eigenvalue weighted by molar-refractivity contribution is 0.245. The second kappa shape index (κ2) is 5.01. The van der Waals surface area contributed by atoms with Crippen LogP contribution >= 0.6 is 11.6 Å². The second-order valence-electron chi connectivity index (χ2n) is 6.21. The molecule has 0 saturated heterocycles. The van der Waals surface area contributed by atoms with Crippen molar-refractivity contribution in [3.8, 4) is 0 Å². The van der Waals surface area contributed by atoms with Gasteiger partial charge in [-0.05, 0) is 55.4 Å². The van der Waals surface area contributed by atoms with Gasteiger partial charge in [0.05, 0.1) is 5.52 Å². The molecular weight excluding hydrogens is 268 g/mol. The summed E-state index contributed by atoms with van der Waals surface area (Å²) >= 11 is 6.28. The van der Waals surface area contributed by atoms with Gasteiger partial charge in [0.15, 0.2) is 0 Å². The predicted molar refractivity (Wildman–Crippen MR) is 82.9 cm³/mol. The molecule has 104 valence electrons. The monoisotopic (exact) mass is 286 g/mol. The van der Waals surface area contributed by atoms with Gasteiger partial charge in [0.1, 0.15) is 0 Å². The van der Waals surface area contributed by atoms with Crippen LogP contribution in [0.5, 0.6) is 0 Å². The molecule has 4 rings (SSSR count). The van der Waals surface area contributed by atoms with Crippen LogP contribution in [0.15, 0.2) is 30.5 Å². The Morgan fingerprint density at radius 3 is 2.75 bits per heavy atom. The molecule has 0 amide bonds. The van der Waals surface area contributed by atoms with E-state index >= 15 is 0 Å². The number of pyridine rings is 1. The first-order chi connectivity index (χ1) is 9.81. The fourth-order valence-corrected chi connectivity index (χ4v) is 3.17. The molecule has 0 spiro atoms. The summed E-state index contributed by atoms with van der Waals surface area (Å²) in [7, 11) is 0. The van der Waals surface area contributed by atoms with E-state index in [1.807, 2.05) is 18.3 Å². The smallest absolute Gasteiger partial charge is 0.0761 e. The summed E-state index contributed by atoms with van der Waals surface area (Å²) in [4.78, 5) is 7.22. The largest absolute Gasteiger partial charge is 0.296 e. The minimum Gasteiger partial charge on any atom is -0.296 e. The fraction of sp³-hybridized carbons (Fsp3) is 0.471. The first-order valence-electron chi connectivity index (χ1n) is 7.57. The van der Waals surface area contributed by atoms with Gasteiger partial charge in [-0.1, -0.05) is 17.7 Å². The van der Waals surface area contributed by atoms with Gasteiger partial charge in [0.2, 0.25) is 0 Å². The molecule has 0 radical (unpaired) electrons. The van der Waals surface area contributed by atoms with Gasteiger partial charge in [0, 0.05) is 35.7 Å². The van der Waals surface area contributed by atoms with Gasteiger partial charge in [-0.2, -0.15) is 0 Å². The van der Waals surface area contributed by atoms with Crippen molar-refractivity contribution in [3.63, 3.8) is 0 Å². The van der Waals surface area contributed by atoms with E-state index in [-0.39, 0.29) is 0 Å². The van der Waals surface area contributed by atoms with Crippen molar-refractivity contribution in [2.24, 2.45) is 5.92 Å². The van der Waals surface area contributed by atoms with Gasteiger partial charge in [-0.25, -0.2) is 0 Å². The Morgan fingerprint density at radius 1 is 1.15 bits per heavy atom. The van der Waals surface area contributed by atoms with E-state index in [0.717, 1.165) is 34.4 Å². The molecular formula is C17H19ClN2. The average Bonchev–Trinajstić information content (AvgIpc) is 3.35. The van der Waals surface area contributed by atoms with E-state index < -0.39 is 0 Å². The molecule has 2 aliphatic carbocycles. The summed E-state index contributed by atoms with van der Waals surface area (Å²) in [6.07, 6.45) is 7.44. The van der Waals surface area contributed by atoms with Gasteiger partial charge >= 0.3 is 0 Å². The van der Waals surface area contributed by atoms with Gasteiger partial charge < -0.3 is 0 Å². The maximum absolute atomic E-state index is 6.28. The topological polar surface area (TPSA) is 16.1 Å². The summed E-state index contributed by atoms with van der Waals surface area (Å²) in [5.41, 5.74) is 2.39. The van der Waals surface area contributed by atoms with Gasteiger partial charge in [-0.15, -0.1) is 0 Å². The number of nitrogens with zero attached hydrogens (tertiary/aromatic N) is 2. The van der Waals surface area contributed by atoms with Crippen molar-refractivity contribution in [1.82, 2.24) is 9.88 Å². The molecule has 2 aliphatic rings. The van der Waals surface area contributed by atoms with Crippen LogP contribution in [-0.2, 0) is 6.54 Å². The van der Waals surface area contributed by atoms with Crippen molar-refractivity contribution in [3.05, 3.63) is 41.0 Å². The van der Waals surface area contributed by atoms with Crippen LogP contribution in [0.2, 0.25) is 5.02 Å². The van der Waals surface area contributed by atoms with Crippen LogP contribution in [0, 0.1) is 5.92 Å². The summed E-state index contributed by atoms with van der Waals surface area (Å²) < 4.78 is 0. The number of benzene rings is 1. The summed E-state index contributed by atoms with van der Waals surface area (Å²) in [6.45, 7) is 2.29. The Balaban J connectivity index is 1.65. The molecule has 1 aromatic carbocycles. The molecule has 20 heavy (non-hydrogen) atoms. The number of aromatic nitrogens is 1. The Morgan fingerprint density at radius 2 is 2.00 bits per heavy atom. The quantitative estimate of drug-likeness (QED) is 0.816. The molecule has 0 atom stereocenters. The minimum atomic E-state index is 0.803. The molecule has 2 fully saturated rings. The highest BCUT2D eigenvalue weighted by atomic mass is 35.5. The molecule has 2 aromatic rings. The van der Waals surface area contributed by atoms with Crippen molar-refractivity contribution in [1.29, 1.82) is 0 Å². The van der Waals surface area contributed by atoms with E-state index in [1.54, 1.807) is 0 Å². The highest BCUT2D eigenvalue weighted by molar-refractivity contribution is 6.35. The lowest BCUT2D eigenvalue weighted by Crippen LogP contribution is -2.28. The maximum Gasteiger partial charge on any atom is 0.0761 e. The Kier molecular flexibility index (Phi) is 3.16. The molecule has 0 N–H and O–H groups in total. The standard InChI is InChI=1S/C17H19ClN2/c18-16-8-5-13(17-15(16)2-1-9-19-17)11-20(14-6-7-14)10-12-3-4-12/h1-2,5,8-9,12,14H,3-4,6-7,10-11H2. The van der Waals surface area contributed by atoms with E-state index in [4.69, 9.17) is 11.6 Å². The minimum absolute atomic E-state index is 0.803. The number of halogens is 1. The number of fused-ring (bicyclic) bond motifs is 1. The highest BCUT2D eigenvalue weighted by Crippen LogP contribution is 2.36. The van der Waals surface area contributed by atoms with Crippen molar-refractivity contribution in [2.75, 3.05) is 6.54 Å². The summed E-state index contributed by atoms with van der Waals surface area (Å²) in [5, 5.41) is 1.88. The normalized spacial score (nSPS) is 18.9. The van der Waals surface area contributed by atoms with Gasteiger partial charge in [-0.3, -0.25) is 9.88 Å². The third kappa shape index (κ3) is 2.55. The average molecular weight is 287 g/mol. The van der Waals surface area contributed by atoms with Crippen LogP contribution < -0.4 is 0 Å². The third-order valence-corrected chi connectivity index (χ3v) is 4.76. The van der Waals surface area contributed by atoms with Crippen LogP contribution in [0.4, 0.5) is 0 Å². The van der Waals surface area contributed by atoms with Crippen molar-refractivity contribution < 1.29 is 0 Å². The molecule has 0 bridgehead atoms. The van der Waals surface area contributed by atoms with E-state index in [9.17, 15) is 0 Å². The van der Waals surface area contributed by atoms with Crippen LogP contribution in [0.25, 0.3) is 10.9 Å². The predicted octanol–water partition coefficient (Wildman–Crippen LogP) is 4.26. The summed E-state index contributed by atoms with van der Waals surface area (Å²) in [5.74, 6) is 0.946. The Bertz CT molecular complexity index is 632. The SMILES string of the molecule is Clc1ccc(CN(CC2CC2)C2CC2)c2ncccc12. The van der Waals surface area contributed by atoms with E-state index in [2.05, 4.69) is 22.0 Å². The fourth-order valence-electron chi connectivity index (χ4n) is 2.96. The van der Waals surface area contributed by atoms with E-state index in [1.165, 1.54) is 37.8 Å². The highest BCUT2D eigenvalue weighted by Gasteiger charge is 2.33. The first-order valence-corrected chi connectivity index (χ1v) is 7.95. The molecule has 2 nitrogen and oxygen atoms in total. The second-order valence-corrected chi connectivity index (χ2v) is 6.62. The lowest BCUT2D eigenvalue weighted by Gasteiger charge is -2.22. The van der Waals surface area contributed by atoms with Crippen LogP contribution in [-0.4, -0.2) is 22.5 Å². The summed E-state index contributed by atoms with van der Waals surface area (Å²) in [6, 6.07) is 9.01. The van der Waals surface area contributed by atoms with E-state index in [0.29, 0.717) is 0 Å². The molecule has 0 aliphatic heterocycles. The maximum atomic E-state index is 6.28.